The number of nitro groups is 1. The third-order valence-electron chi connectivity index (χ3n) is 3.05. The van der Waals surface area contributed by atoms with Gasteiger partial charge < -0.3 is 5.73 Å². The number of hydrogen-bond donors (Lipinski definition) is 1. The fraction of sp³-hybridized carbons (Fsp3) is 0.500. The molecule has 5 heteroatoms. The molecule has 0 unspecified atom stereocenters. The van der Waals surface area contributed by atoms with Gasteiger partial charge in [-0.3, -0.25) is 14.9 Å². The Morgan fingerprint density at radius 2 is 1.84 bits per heavy atom. The molecule has 0 heterocycles. The summed E-state index contributed by atoms with van der Waals surface area (Å²) in [6, 6.07) is 5.41. The lowest BCUT2D eigenvalue weighted by Crippen LogP contribution is -2.10. The van der Waals surface area contributed by atoms with E-state index >= 15 is 0 Å². The van der Waals surface area contributed by atoms with Crippen LogP contribution in [-0.2, 0) is 17.6 Å². The zero-order valence-electron chi connectivity index (χ0n) is 11.2. The van der Waals surface area contributed by atoms with Crippen LogP contribution in [0.1, 0.15) is 43.7 Å². The summed E-state index contributed by atoms with van der Waals surface area (Å²) in [7, 11) is 0. The number of nitro benzene ring substituents is 1. The molecule has 2 N–H and O–H groups in total. The number of aryl methyl sites for hydroxylation is 2. The highest BCUT2D eigenvalue weighted by atomic mass is 16.6. The Morgan fingerprint density at radius 1 is 1.26 bits per heavy atom. The Bertz CT molecular complexity index is 458. The van der Waals surface area contributed by atoms with Crippen LogP contribution in [-0.4, -0.2) is 10.8 Å². The molecule has 0 atom stereocenters. The van der Waals surface area contributed by atoms with E-state index in [2.05, 4.69) is 6.92 Å². The zero-order chi connectivity index (χ0) is 14.3. The van der Waals surface area contributed by atoms with E-state index in [1.165, 1.54) is 0 Å². The van der Waals surface area contributed by atoms with Gasteiger partial charge in [0.2, 0.25) is 5.91 Å². The van der Waals surface area contributed by atoms with Crippen molar-refractivity contribution < 1.29 is 9.72 Å². The van der Waals surface area contributed by atoms with Crippen LogP contribution in [0.25, 0.3) is 0 Å². The molecule has 0 saturated carbocycles. The summed E-state index contributed by atoms with van der Waals surface area (Å²) in [5, 5.41) is 11.2. The van der Waals surface area contributed by atoms with E-state index < -0.39 is 0 Å². The first-order valence-electron chi connectivity index (χ1n) is 6.59. The van der Waals surface area contributed by atoms with Crippen molar-refractivity contribution in [2.75, 3.05) is 0 Å². The number of amides is 1. The lowest BCUT2D eigenvalue weighted by atomic mass is 9.99. The molecule has 19 heavy (non-hydrogen) atoms. The Morgan fingerprint density at radius 3 is 2.32 bits per heavy atom. The van der Waals surface area contributed by atoms with Gasteiger partial charge in [0.15, 0.2) is 0 Å². The number of unbranched alkanes of at least 4 members (excludes halogenated alkanes) is 1. The number of nitrogens with two attached hydrogens (primary N) is 1. The summed E-state index contributed by atoms with van der Waals surface area (Å²) in [5.74, 6) is -0.371. The lowest BCUT2D eigenvalue weighted by Gasteiger charge is -2.07. The van der Waals surface area contributed by atoms with E-state index in [0.29, 0.717) is 18.4 Å². The second-order valence-electron chi connectivity index (χ2n) is 4.61. The monoisotopic (exact) mass is 264 g/mol. The summed E-state index contributed by atoms with van der Waals surface area (Å²) < 4.78 is 0. The Balaban J connectivity index is 2.89. The van der Waals surface area contributed by atoms with E-state index in [1.807, 2.05) is 12.1 Å². The van der Waals surface area contributed by atoms with Gasteiger partial charge >= 0.3 is 0 Å². The molecule has 0 aromatic heterocycles. The summed E-state index contributed by atoms with van der Waals surface area (Å²) in [6.07, 6.45) is 3.98. The molecule has 0 aliphatic carbocycles. The van der Waals surface area contributed by atoms with Crippen molar-refractivity contribution >= 4 is 11.6 Å². The SMILES string of the molecule is CCCCc1cccc(CCCC(N)=O)c1[N+](=O)[O-]. The average Bonchev–Trinajstić information content (AvgIpc) is 2.35. The first-order valence-corrected chi connectivity index (χ1v) is 6.59. The van der Waals surface area contributed by atoms with Crippen molar-refractivity contribution in [2.24, 2.45) is 5.73 Å². The van der Waals surface area contributed by atoms with E-state index in [4.69, 9.17) is 5.73 Å². The van der Waals surface area contributed by atoms with Crippen molar-refractivity contribution in [3.8, 4) is 0 Å². The van der Waals surface area contributed by atoms with Gasteiger partial charge in [0, 0.05) is 17.5 Å². The standard InChI is InChI=1S/C14H20N2O3/c1-2-3-6-11-7-4-8-12(14(11)16(18)19)9-5-10-13(15)17/h4,7-8H,2-3,5-6,9-10H2,1H3,(H2,15,17). The van der Waals surface area contributed by atoms with Crippen molar-refractivity contribution in [2.45, 2.75) is 45.4 Å². The summed E-state index contributed by atoms with van der Waals surface area (Å²) in [6.45, 7) is 2.06. The van der Waals surface area contributed by atoms with Crippen LogP contribution in [0.3, 0.4) is 0 Å². The van der Waals surface area contributed by atoms with Gasteiger partial charge in [0.1, 0.15) is 0 Å². The number of carbonyl (C=O) groups is 1. The molecule has 0 radical (unpaired) electrons. The number of hydrogen-bond acceptors (Lipinski definition) is 3. The maximum Gasteiger partial charge on any atom is 0.275 e. The maximum atomic E-state index is 11.2. The molecule has 1 aromatic rings. The lowest BCUT2D eigenvalue weighted by molar-refractivity contribution is -0.386. The molecule has 1 amide bonds. The fourth-order valence-electron chi connectivity index (χ4n) is 2.10. The van der Waals surface area contributed by atoms with Crippen molar-refractivity contribution in [1.29, 1.82) is 0 Å². The van der Waals surface area contributed by atoms with Crippen molar-refractivity contribution in [3.05, 3.63) is 39.4 Å². The minimum atomic E-state index is -0.371. The Hall–Kier alpha value is -1.91. The van der Waals surface area contributed by atoms with Crippen molar-refractivity contribution in [3.63, 3.8) is 0 Å². The predicted molar refractivity (Wildman–Crippen MR) is 73.8 cm³/mol. The minimum Gasteiger partial charge on any atom is -0.370 e. The van der Waals surface area contributed by atoms with Gasteiger partial charge in [-0.2, -0.15) is 0 Å². The first kappa shape index (κ1) is 15.1. The van der Waals surface area contributed by atoms with E-state index in [9.17, 15) is 14.9 Å². The molecule has 0 aliphatic rings. The van der Waals surface area contributed by atoms with Crippen LogP contribution in [0.5, 0.6) is 0 Å². The molecule has 0 spiro atoms. The normalized spacial score (nSPS) is 10.4. The number of nitrogens with zero attached hydrogens (tertiary/aromatic N) is 1. The van der Waals surface area contributed by atoms with E-state index in [1.54, 1.807) is 6.07 Å². The Kier molecular flexibility index (Phi) is 5.99. The number of primary amides is 1. The van der Waals surface area contributed by atoms with Gasteiger partial charge in [-0.05, 0) is 25.7 Å². The topological polar surface area (TPSA) is 86.2 Å². The molecule has 0 saturated heterocycles. The third kappa shape index (κ3) is 4.69. The first-order chi connectivity index (χ1) is 9.06. The van der Waals surface area contributed by atoms with Gasteiger partial charge in [-0.1, -0.05) is 31.5 Å². The molecule has 0 fully saturated rings. The number of carbonyl (C=O) groups excluding carboxylic acids is 1. The molecule has 5 nitrogen and oxygen atoms in total. The predicted octanol–water partition coefficient (Wildman–Crippen LogP) is 2.75. The van der Waals surface area contributed by atoms with Crippen LogP contribution in [0.2, 0.25) is 0 Å². The highest BCUT2D eigenvalue weighted by Gasteiger charge is 2.18. The largest absolute Gasteiger partial charge is 0.370 e. The number of benzene rings is 1. The highest BCUT2D eigenvalue weighted by molar-refractivity contribution is 5.73. The van der Waals surface area contributed by atoms with Crippen LogP contribution in [0.4, 0.5) is 5.69 Å². The molecule has 0 bridgehead atoms. The molecule has 0 aliphatic heterocycles. The number of rotatable bonds is 8. The van der Waals surface area contributed by atoms with Gasteiger partial charge in [-0.15, -0.1) is 0 Å². The summed E-state index contributed by atoms with van der Waals surface area (Å²) in [5.41, 5.74) is 6.76. The van der Waals surface area contributed by atoms with Gasteiger partial charge in [0.05, 0.1) is 4.92 Å². The van der Waals surface area contributed by atoms with Crippen LogP contribution < -0.4 is 5.73 Å². The molecule has 104 valence electrons. The minimum absolute atomic E-state index is 0.209. The highest BCUT2D eigenvalue weighted by Crippen LogP contribution is 2.26. The average molecular weight is 264 g/mol. The Labute approximate surface area is 113 Å². The van der Waals surface area contributed by atoms with E-state index in [0.717, 1.165) is 24.8 Å². The van der Waals surface area contributed by atoms with Crippen LogP contribution in [0, 0.1) is 10.1 Å². The third-order valence-corrected chi connectivity index (χ3v) is 3.05. The molecule has 1 aromatic carbocycles. The van der Waals surface area contributed by atoms with E-state index in [-0.39, 0.29) is 22.9 Å². The van der Waals surface area contributed by atoms with Gasteiger partial charge in [0.25, 0.3) is 5.69 Å². The number of para-hydroxylation sites is 1. The molecule has 1 rings (SSSR count). The molecular weight excluding hydrogens is 244 g/mol. The second kappa shape index (κ2) is 7.51. The zero-order valence-corrected chi connectivity index (χ0v) is 11.2. The van der Waals surface area contributed by atoms with Crippen molar-refractivity contribution in [1.82, 2.24) is 0 Å². The van der Waals surface area contributed by atoms with Crippen LogP contribution >= 0.6 is 0 Å². The smallest absolute Gasteiger partial charge is 0.275 e. The quantitative estimate of drug-likeness (QED) is 0.578. The van der Waals surface area contributed by atoms with Crippen LogP contribution in [0.15, 0.2) is 18.2 Å². The van der Waals surface area contributed by atoms with Gasteiger partial charge in [-0.25, -0.2) is 0 Å². The summed E-state index contributed by atoms with van der Waals surface area (Å²) in [4.78, 5) is 21.6. The second-order valence-corrected chi connectivity index (χ2v) is 4.61. The maximum absolute atomic E-state index is 11.2. The molecular formula is C14H20N2O3. The fourth-order valence-corrected chi connectivity index (χ4v) is 2.10. The summed E-state index contributed by atoms with van der Waals surface area (Å²) >= 11 is 0.